The van der Waals surface area contributed by atoms with Crippen LogP contribution in [0.4, 0.5) is 0 Å². The molecule has 0 radical (unpaired) electrons. The highest BCUT2D eigenvalue weighted by Gasteiger charge is 2.33. The number of nitrogens with one attached hydrogen (secondary N) is 8. The molecule has 0 bridgehead atoms. The molecule has 314 valence electrons. The third-order valence-electron chi connectivity index (χ3n) is 8.49. The van der Waals surface area contributed by atoms with E-state index < -0.39 is 109 Å². The van der Waals surface area contributed by atoms with E-state index in [2.05, 4.69) is 47.5 Å². The molecule has 1 aromatic carbocycles. The van der Waals surface area contributed by atoms with Crippen LogP contribution in [0.25, 0.3) is 0 Å². The first-order valence-electron chi connectivity index (χ1n) is 18.3. The van der Waals surface area contributed by atoms with Gasteiger partial charge in [-0.2, -0.15) is 0 Å². The highest BCUT2D eigenvalue weighted by atomic mass is 16.3. The van der Waals surface area contributed by atoms with Crippen molar-refractivity contribution in [1.82, 2.24) is 42.5 Å². The molecule has 1 saturated heterocycles. The average Bonchev–Trinajstić information content (AvgIpc) is 3.15. The van der Waals surface area contributed by atoms with Gasteiger partial charge >= 0.3 is 0 Å². The number of rotatable bonds is 11. The Morgan fingerprint density at radius 1 is 0.860 bits per heavy atom. The number of benzene rings is 1. The second-order valence-corrected chi connectivity index (χ2v) is 13.3. The van der Waals surface area contributed by atoms with E-state index in [9.17, 15) is 48.3 Å². The second kappa shape index (κ2) is 24.2. The van der Waals surface area contributed by atoms with Gasteiger partial charge in [0.2, 0.25) is 53.2 Å². The molecule has 57 heavy (non-hydrogen) atoms. The number of aliphatic hydroxyl groups is 1. The SMILES string of the molecule is CC(=O)N[C@@H](CCCN=C(N)N)C(=O)NC1CC(=O)NCCCCC(C(N)=O)NC(=O)CNC(=O)C(C)NC(=O)C(Cc2ccccc2)NC(=O)[C@H](CO)NC1=O. The number of carbonyl (C=O) groups excluding carboxylic acids is 9. The van der Waals surface area contributed by atoms with Crippen molar-refractivity contribution in [3.63, 3.8) is 0 Å². The Morgan fingerprint density at radius 2 is 1.53 bits per heavy atom. The average molecular weight is 803 g/mol. The lowest BCUT2D eigenvalue weighted by Crippen LogP contribution is -2.60. The molecular formula is C35H54N12O10. The smallest absolute Gasteiger partial charge is 0.245 e. The fraction of sp³-hybridized carbons (Fsp3) is 0.543. The number of primary amides is 1. The summed E-state index contributed by atoms with van der Waals surface area (Å²) in [5.74, 6) is -7.59. The molecule has 4 unspecified atom stereocenters. The lowest BCUT2D eigenvalue weighted by Gasteiger charge is -2.26. The third kappa shape index (κ3) is 17.8. The van der Waals surface area contributed by atoms with Crippen LogP contribution in [-0.2, 0) is 49.6 Å². The minimum Gasteiger partial charge on any atom is -0.394 e. The summed E-state index contributed by atoms with van der Waals surface area (Å²) in [6.07, 6.45) is 0.181. The van der Waals surface area contributed by atoms with E-state index in [4.69, 9.17) is 17.2 Å². The number of amides is 9. The van der Waals surface area contributed by atoms with Crippen LogP contribution in [0.1, 0.15) is 57.9 Å². The van der Waals surface area contributed by atoms with Crippen molar-refractivity contribution in [3.05, 3.63) is 35.9 Å². The zero-order chi connectivity index (χ0) is 42.5. The van der Waals surface area contributed by atoms with Gasteiger partial charge in [0.15, 0.2) is 5.96 Å². The molecule has 0 aromatic heterocycles. The summed E-state index contributed by atoms with van der Waals surface area (Å²) in [6.45, 7) is 1.14. The fourth-order valence-electron chi connectivity index (χ4n) is 5.49. The molecule has 1 fully saturated rings. The maximum Gasteiger partial charge on any atom is 0.245 e. The Morgan fingerprint density at radius 3 is 2.16 bits per heavy atom. The van der Waals surface area contributed by atoms with Gasteiger partial charge in [-0.05, 0) is 44.6 Å². The lowest BCUT2D eigenvalue weighted by atomic mass is 10.0. The normalized spacial score (nSPS) is 22.8. The third-order valence-corrected chi connectivity index (χ3v) is 8.49. The van der Waals surface area contributed by atoms with Gasteiger partial charge in [0.25, 0.3) is 0 Å². The standard InChI is InChI=1S/C35H54N12O10/c1-19-30(53)41-17-28(51)44-22(29(36)52)11-6-7-13-39-27(50)16-25(46-31(54)23(43-20(2)49)12-8-14-40-35(37)38)33(56)47-26(18-48)34(57)45-24(32(55)42-19)15-21-9-4-3-5-10-21/h3-5,9-10,19,22-26,48H,6-8,11-18H2,1-2H3,(H2,36,52)(H,39,50)(H,41,53)(H,42,55)(H,43,49)(H,44,51)(H,45,57)(H,46,54)(H,47,56)(H4,37,38,40)/t19?,22?,23-,24?,25?,26-/m0/s1. The summed E-state index contributed by atoms with van der Waals surface area (Å²) < 4.78 is 0. The van der Waals surface area contributed by atoms with Crippen molar-refractivity contribution in [1.29, 1.82) is 0 Å². The monoisotopic (exact) mass is 802 g/mol. The molecule has 1 aromatic rings. The number of aliphatic hydroxyl groups excluding tert-OH is 1. The predicted octanol–water partition coefficient (Wildman–Crippen LogP) is -5.48. The van der Waals surface area contributed by atoms with Crippen LogP contribution in [-0.4, -0.2) is 127 Å². The summed E-state index contributed by atoms with van der Waals surface area (Å²) in [6, 6.07) is 0.250. The number of nitrogens with two attached hydrogens (primary N) is 3. The molecular weight excluding hydrogens is 748 g/mol. The van der Waals surface area contributed by atoms with Crippen molar-refractivity contribution < 1.29 is 48.3 Å². The quantitative estimate of drug-likeness (QED) is 0.0567. The van der Waals surface area contributed by atoms with E-state index in [0.29, 0.717) is 18.4 Å². The number of nitrogens with zero attached hydrogens (tertiary/aromatic N) is 1. The van der Waals surface area contributed by atoms with Gasteiger partial charge in [0, 0.05) is 26.4 Å². The molecule has 0 aliphatic carbocycles. The van der Waals surface area contributed by atoms with Crippen LogP contribution >= 0.6 is 0 Å². The van der Waals surface area contributed by atoms with E-state index >= 15 is 0 Å². The Labute approximate surface area is 329 Å². The van der Waals surface area contributed by atoms with Gasteiger partial charge in [-0.3, -0.25) is 48.1 Å². The zero-order valence-electron chi connectivity index (χ0n) is 31.9. The molecule has 9 amide bonds. The summed E-state index contributed by atoms with van der Waals surface area (Å²) in [7, 11) is 0. The van der Waals surface area contributed by atoms with Gasteiger partial charge in [0.1, 0.15) is 36.3 Å². The van der Waals surface area contributed by atoms with Crippen molar-refractivity contribution in [2.75, 3.05) is 26.2 Å². The Bertz CT molecular complexity index is 1620. The number of carbonyl (C=O) groups is 9. The molecule has 2 rings (SSSR count). The van der Waals surface area contributed by atoms with E-state index in [-0.39, 0.29) is 44.7 Å². The van der Waals surface area contributed by atoms with Crippen molar-refractivity contribution in [3.8, 4) is 0 Å². The van der Waals surface area contributed by atoms with Crippen LogP contribution in [0.15, 0.2) is 35.3 Å². The van der Waals surface area contributed by atoms with E-state index in [1.165, 1.54) is 13.8 Å². The van der Waals surface area contributed by atoms with Crippen LogP contribution in [0.5, 0.6) is 0 Å². The first-order valence-corrected chi connectivity index (χ1v) is 18.3. The summed E-state index contributed by atoms with van der Waals surface area (Å²) in [4.78, 5) is 120. The molecule has 1 heterocycles. The van der Waals surface area contributed by atoms with Crippen molar-refractivity contribution in [2.24, 2.45) is 22.2 Å². The van der Waals surface area contributed by atoms with Crippen LogP contribution in [0.2, 0.25) is 0 Å². The second-order valence-electron chi connectivity index (χ2n) is 13.3. The van der Waals surface area contributed by atoms with Gasteiger partial charge in [-0.25, -0.2) is 0 Å². The first-order chi connectivity index (χ1) is 27.0. The van der Waals surface area contributed by atoms with E-state index in [0.717, 1.165) is 0 Å². The number of guanidine groups is 1. The molecule has 15 N–H and O–H groups in total. The van der Waals surface area contributed by atoms with Crippen LogP contribution < -0.4 is 59.7 Å². The van der Waals surface area contributed by atoms with Crippen molar-refractivity contribution >= 4 is 59.1 Å². The summed E-state index contributed by atoms with van der Waals surface area (Å²) >= 11 is 0. The number of hydrogen-bond donors (Lipinski definition) is 12. The highest BCUT2D eigenvalue weighted by molar-refractivity contribution is 5.98. The van der Waals surface area contributed by atoms with Gasteiger partial charge in [-0.15, -0.1) is 0 Å². The Kier molecular flexibility index (Phi) is 19.9. The molecule has 6 atom stereocenters. The molecule has 22 heteroatoms. The number of hydrogen-bond acceptors (Lipinski definition) is 11. The summed E-state index contributed by atoms with van der Waals surface area (Å²) in [5, 5.41) is 29.7. The summed E-state index contributed by atoms with van der Waals surface area (Å²) in [5.41, 5.74) is 16.8. The van der Waals surface area contributed by atoms with E-state index in [1.807, 2.05) is 0 Å². The van der Waals surface area contributed by atoms with Crippen molar-refractivity contribution in [2.45, 2.75) is 95.0 Å². The largest absolute Gasteiger partial charge is 0.394 e. The topological polar surface area (TPSA) is 361 Å². The molecule has 0 saturated carbocycles. The molecule has 22 nitrogen and oxygen atoms in total. The zero-order valence-corrected chi connectivity index (χ0v) is 31.9. The molecule has 0 spiro atoms. The van der Waals surface area contributed by atoms with Crippen LogP contribution in [0, 0.1) is 0 Å². The highest BCUT2D eigenvalue weighted by Crippen LogP contribution is 2.07. The Hall–Kier alpha value is -6.32. The Balaban J connectivity index is 2.43. The lowest BCUT2D eigenvalue weighted by molar-refractivity contribution is -0.136. The maximum absolute atomic E-state index is 13.7. The minimum atomic E-state index is -1.70. The molecule has 1 aliphatic rings. The van der Waals surface area contributed by atoms with Gasteiger partial charge < -0.3 is 64.8 Å². The maximum atomic E-state index is 13.7. The number of aliphatic imine (C=N–C) groups is 1. The van der Waals surface area contributed by atoms with Gasteiger partial charge in [0.05, 0.1) is 19.6 Å². The molecule has 1 aliphatic heterocycles. The van der Waals surface area contributed by atoms with E-state index in [1.54, 1.807) is 30.3 Å². The first kappa shape index (κ1) is 46.8. The van der Waals surface area contributed by atoms with Gasteiger partial charge in [-0.1, -0.05) is 30.3 Å². The van der Waals surface area contributed by atoms with Crippen LogP contribution in [0.3, 0.4) is 0 Å². The minimum absolute atomic E-state index is 0.0301. The predicted molar refractivity (Wildman–Crippen MR) is 204 cm³/mol. The fourth-order valence-corrected chi connectivity index (χ4v) is 5.49.